The second-order valence-electron chi connectivity index (χ2n) is 8.28. The van der Waals surface area contributed by atoms with Crippen molar-refractivity contribution in [2.75, 3.05) is 6.54 Å². The van der Waals surface area contributed by atoms with Gasteiger partial charge in [0.25, 0.3) is 0 Å². The number of aromatic nitrogens is 2. The van der Waals surface area contributed by atoms with Crippen LogP contribution in [0.2, 0.25) is 5.15 Å². The van der Waals surface area contributed by atoms with Gasteiger partial charge in [-0.3, -0.25) is 4.79 Å². The Balaban J connectivity index is 1.47. The largest absolute Gasteiger partial charge is 0.416 e. The van der Waals surface area contributed by atoms with Gasteiger partial charge in [0, 0.05) is 31.1 Å². The molecule has 3 aromatic rings. The van der Waals surface area contributed by atoms with Gasteiger partial charge >= 0.3 is 6.18 Å². The number of rotatable bonds is 7. The fourth-order valence-corrected chi connectivity index (χ4v) is 5.84. The van der Waals surface area contributed by atoms with Gasteiger partial charge in [-0.25, -0.2) is 21.9 Å². The smallest absolute Gasteiger partial charge is 0.298 e. The van der Waals surface area contributed by atoms with Crippen LogP contribution >= 0.6 is 11.6 Å². The van der Waals surface area contributed by atoms with Gasteiger partial charge in [-0.2, -0.15) is 22.6 Å². The number of nitrogens with zero attached hydrogens (tertiary/aromatic N) is 3. The molecule has 192 valence electrons. The van der Waals surface area contributed by atoms with Gasteiger partial charge < -0.3 is 0 Å². The number of benzene rings is 2. The van der Waals surface area contributed by atoms with E-state index in [1.54, 1.807) is 0 Å². The number of hydrogen-bond donors (Lipinski definition) is 0. The van der Waals surface area contributed by atoms with Gasteiger partial charge in [-0.15, -0.1) is 0 Å². The van der Waals surface area contributed by atoms with Crippen LogP contribution in [0, 0.1) is 5.82 Å². The number of ketones is 1. The Morgan fingerprint density at radius 3 is 2.33 bits per heavy atom. The highest BCUT2D eigenvalue weighted by molar-refractivity contribution is 7.89. The molecule has 0 saturated carbocycles. The molecule has 1 saturated heterocycles. The van der Waals surface area contributed by atoms with Crippen LogP contribution in [0.25, 0.3) is 5.69 Å². The lowest BCUT2D eigenvalue weighted by Gasteiger charge is -2.22. The van der Waals surface area contributed by atoms with E-state index in [1.165, 1.54) is 23.0 Å². The summed E-state index contributed by atoms with van der Waals surface area (Å²) in [5.41, 5.74) is -0.0963. The number of Topliss-reactive ketones (excluding diaryl/α,β-unsaturated/α-hetero) is 1. The average Bonchev–Trinajstić information content (AvgIpc) is 3.40. The number of aryl methyl sites for hydroxylation is 1. The lowest BCUT2D eigenvalue weighted by atomic mass is 10.0. The van der Waals surface area contributed by atoms with Crippen LogP contribution in [0.4, 0.5) is 22.0 Å². The maximum atomic E-state index is 14.2. The molecule has 0 N–H and O–H groups in total. The number of hydrogen-bond acceptors (Lipinski definition) is 4. The van der Waals surface area contributed by atoms with E-state index >= 15 is 0 Å². The minimum absolute atomic E-state index is 0.0216. The van der Waals surface area contributed by atoms with E-state index < -0.39 is 52.1 Å². The number of sulfonamides is 1. The Bertz CT molecular complexity index is 1360. The summed E-state index contributed by atoms with van der Waals surface area (Å²) in [5, 5.41) is 4.08. The number of carbonyl (C=O) groups excluding carboxylic acids is 1. The summed E-state index contributed by atoms with van der Waals surface area (Å²) >= 11 is 6.14. The maximum Gasteiger partial charge on any atom is 0.416 e. The summed E-state index contributed by atoms with van der Waals surface area (Å²) in [6, 6.07) is 7.03. The van der Waals surface area contributed by atoms with Crippen molar-refractivity contribution in [2.24, 2.45) is 0 Å². The van der Waals surface area contributed by atoms with Crippen LogP contribution in [0.1, 0.15) is 24.0 Å². The van der Waals surface area contributed by atoms with Gasteiger partial charge in [0.2, 0.25) is 10.0 Å². The van der Waals surface area contributed by atoms with Crippen molar-refractivity contribution < 1.29 is 35.2 Å². The number of halogens is 6. The first kappa shape index (κ1) is 26.2. The molecular formula is C23H19ClF5N3O3S. The Kier molecular flexibility index (Phi) is 7.22. The molecule has 1 aliphatic rings. The molecule has 2 heterocycles. The number of alkyl halides is 4. The summed E-state index contributed by atoms with van der Waals surface area (Å²) in [7, 11) is -4.24. The molecule has 6 nitrogen and oxygen atoms in total. The van der Waals surface area contributed by atoms with Crippen LogP contribution in [0.15, 0.2) is 59.6 Å². The van der Waals surface area contributed by atoms with E-state index in [4.69, 9.17) is 11.6 Å². The average molecular weight is 548 g/mol. The third kappa shape index (κ3) is 5.45. The fraction of sp³-hybridized carbons (Fsp3) is 0.304. The van der Waals surface area contributed by atoms with Crippen LogP contribution < -0.4 is 0 Å². The maximum absolute atomic E-state index is 14.2. The molecule has 0 radical (unpaired) electrons. The first-order chi connectivity index (χ1) is 16.9. The van der Waals surface area contributed by atoms with E-state index in [2.05, 4.69) is 5.10 Å². The van der Waals surface area contributed by atoms with Gasteiger partial charge in [-0.05, 0) is 55.0 Å². The lowest BCUT2D eigenvalue weighted by molar-refractivity contribution is -0.137. The van der Waals surface area contributed by atoms with Gasteiger partial charge in [0.15, 0.2) is 10.9 Å². The first-order valence-corrected chi connectivity index (χ1v) is 12.5. The van der Waals surface area contributed by atoms with Crippen LogP contribution in [0.5, 0.6) is 0 Å². The SMILES string of the molecule is O=C(CCc1cn(-c2ccc(C(F)(F)F)cc2)nc1Cl)[C@@H]1C[C@@H](F)CN1S(=O)(=O)c1ccc(F)cc1. The van der Waals surface area contributed by atoms with E-state index in [1.807, 2.05) is 0 Å². The third-order valence-electron chi connectivity index (χ3n) is 5.84. The molecule has 0 bridgehead atoms. The third-order valence-corrected chi connectivity index (χ3v) is 8.04. The Morgan fingerprint density at radius 1 is 1.08 bits per heavy atom. The van der Waals surface area contributed by atoms with E-state index in [0.29, 0.717) is 11.3 Å². The predicted molar refractivity (Wildman–Crippen MR) is 120 cm³/mol. The highest BCUT2D eigenvalue weighted by Gasteiger charge is 2.43. The van der Waals surface area contributed by atoms with Crippen molar-refractivity contribution in [3.05, 3.63) is 76.8 Å². The summed E-state index contributed by atoms with van der Waals surface area (Å²) in [6.07, 6.45) is -5.00. The summed E-state index contributed by atoms with van der Waals surface area (Å²) in [4.78, 5) is 12.7. The minimum atomic E-state index is -4.48. The van der Waals surface area contributed by atoms with Gasteiger partial charge in [-0.1, -0.05) is 11.6 Å². The molecule has 0 amide bonds. The fourth-order valence-electron chi connectivity index (χ4n) is 3.97. The quantitative estimate of drug-likeness (QED) is 0.391. The van der Waals surface area contributed by atoms with Crippen LogP contribution in [-0.2, 0) is 27.4 Å². The first-order valence-electron chi connectivity index (χ1n) is 10.7. The highest BCUT2D eigenvalue weighted by atomic mass is 35.5. The molecule has 36 heavy (non-hydrogen) atoms. The highest BCUT2D eigenvalue weighted by Crippen LogP contribution is 2.31. The van der Waals surface area contributed by atoms with Gasteiger partial charge in [0.05, 0.1) is 22.2 Å². The zero-order chi connectivity index (χ0) is 26.3. The summed E-state index contributed by atoms with van der Waals surface area (Å²) < 4.78 is 93.7. The molecule has 1 fully saturated rings. The summed E-state index contributed by atoms with van der Waals surface area (Å²) in [6.45, 7) is -0.497. The molecular weight excluding hydrogens is 529 g/mol. The van der Waals surface area contributed by atoms with Crippen molar-refractivity contribution in [2.45, 2.75) is 42.5 Å². The Morgan fingerprint density at radius 2 is 1.72 bits per heavy atom. The predicted octanol–water partition coefficient (Wildman–Crippen LogP) is 4.99. The van der Waals surface area contributed by atoms with Crippen molar-refractivity contribution >= 4 is 27.4 Å². The summed E-state index contributed by atoms with van der Waals surface area (Å²) in [5.74, 6) is -1.17. The van der Waals surface area contributed by atoms with Crippen LogP contribution in [-0.4, -0.2) is 47.0 Å². The molecule has 2 atom stereocenters. The molecule has 0 unspecified atom stereocenters. The second-order valence-corrected chi connectivity index (χ2v) is 10.5. The molecule has 1 aromatic heterocycles. The van der Waals surface area contributed by atoms with Gasteiger partial charge in [0.1, 0.15) is 12.0 Å². The normalized spacial score (nSPS) is 19.1. The monoisotopic (exact) mass is 547 g/mol. The van der Waals surface area contributed by atoms with Crippen molar-refractivity contribution in [3.8, 4) is 5.69 Å². The van der Waals surface area contributed by atoms with Crippen molar-refractivity contribution in [1.29, 1.82) is 0 Å². The van der Waals surface area contributed by atoms with Crippen LogP contribution in [0.3, 0.4) is 0 Å². The molecule has 1 aliphatic heterocycles. The van der Waals surface area contributed by atoms with Crippen molar-refractivity contribution in [1.82, 2.24) is 14.1 Å². The van der Waals surface area contributed by atoms with E-state index in [-0.39, 0.29) is 29.3 Å². The topological polar surface area (TPSA) is 72.3 Å². The zero-order valence-electron chi connectivity index (χ0n) is 18.4. The number of carbonyl (C=O) groups is 1. The minimum Gasteiger partial charge on any atom is -0.298 e. The second kappa shape index (κ2) is 9.91. The molecule has 2 aromatic carbocycles. The lowest BCUT2D eigenvalue weighted by Crippen LogP contribution is -2.40. The zero-order valence-corrected chi connectivity index (χ0v) is 20.0. The molecule has 4 rings (SSSR count). The molecule has 13 heteroatoms. The standard InChI is InChI=1S/C23H19ClF5N3O3S/c24-22-14(12-31(30-22)18-6-2-15(3-7-18)23(27,28)29)1-10-21(33)20-11-17(26)13-32(20)36(34,35)19-8-4-16(25)5-9-19/h2-9,12,17,20H,1,10-11,13H2/t17-,20+/m1/s1. The molecule has 0 aliphatic carbocycles. The van der Waals surface area contributed by atoms with E-state index in [0.717, 1.165) is 40.7 Å². The van der Waals surface area contributed by atoms with E-state index in [9.17, 15) is 35.2 Å². The van der Waals surface area contributed by atoms with Crippen molar-refractivity contribution in [3.63, 3.8) is 0 Å². The Labute approximate surface area is 208 Å². The molecule has 0 spiro atoms. The Hall–Kier alpha value is -2.83.